The van der Waals surface area contributed by atoms with Crippen LogP contribution in [0.2, 0.25) is 0 Å². The van der Waals surface area contributed by atoms with Gasteiger partial charge >= 0.3 is 0 Å². The quantitative estimate of drug-likeness (QED) is 0.192. The summed E-state index contributed by atoms with van der Waals surface area (Å²) in [6.07, 6.45) is 15.3. The number of nitrogens with zero attached hydrogens (tertiary/aromatic N) is 3. The second kappa shape index (κ2) is 24.3. The number of methoxy groups -OCH3 is 1. The molecule has 0 radical (unpaired) electrons. The molecule has 0 spiro atoms. The number of likely N-dealkylation sites (tertiary alicyclic amines) is 2. The molecule has 264 valence electrons. The van der Waals surface area contributed by atoms with Gasteiger partial charge in [-0.1, -0.05) is 46.6 Å². The molecule has 0 aromatic carbocycles. The van der Waals surface area contributed by atoms with Crippen molar-refractivity contribution < 1.29 is 33.7 Å². The van der Waals surface area contributed by atoms with Crippen LogP contribution in [0.5, 0.6) is 0 Å². The maximum atomic E-state index is 11.9. The predicted octanol–water partition coefficient (Wildman–Crippen LogP) is 6.38. The van der Waals surface area contributed by atoms with Crippen molar-refractivity contribution in [2.24, 2.45) is 5.92 Å². The largest absolute Gasteiger partial charge is 0.481 e. The monoisotopic (exact) mass is 649 g/mol. The fourth-order valence-corrected chi connectivity index (χ4v) is 6.14. The molecule has 10 heteroatoms. The zero-order chi connectivity index (χ0) is 34.3. The molecule has 2 amide bonds. The Bertz CT molecular complexity index is 969. The maximum absolute atomic E-state index is 11.9. The van der Waals surface area contributed by atoms with Crippen molar-refractivity contribution in [3.8, 4) is 0 Å². The number of carboxylic acids is 1. The number of amides is 2. The highest BCUT2D eigenvalue weighted by molar-refractivity contribution is 5.78. The Morgan fingerprint density at radius 2 is 1.76 bits per heavy atom. The van der Waals surface area contributed by atoms with Crippen LogP contribution in [-0.4, -0.2) is 104 Å². The molecule has 2 atom stereocenters. The number of hydrogen-bond donors (Lipinski definition) is 1. The van der Waals surface area contributed by atoms with Crippen LogP contribution in [-0.2, 0) is 28.6 Å². The predicted molar refractivity (Wildman–Crippen MR) is 183 cm³/mol. The molecule has 3 aliphatic heterocycles. The van der Waals surface area contributed by atoms with E-state index in [0.29, 0.717) is 30.2 Å². The van der Waals surface area contributed by atoms with E-state index in [9.17, 15) is 9.59 Å². The Morgan fingerprint density at radius 1 is 1.09 bits per heavy atom. The first-order chi connectivity index (χ1) is 22.1. The van der Waals surface area contributed by atoms with E-state index in [2.05, 4.69) is 45.2 Å². The lowest BCUT2D eigenvalue weighted by Crippen LogP contribution is -2.38. The minimum Gasteiger partial charge on any atom is -0.481 e. The van der Waals surface area contributed by atoms with Gasteiger partial charge in [0.25, 0.3) is 5.97 Å². The number of aliphatic carboxylic acids is 1. The number of rotatable bonds is 16. The van der Waals surface area contributed by atoms with E-state index in [1.165, 1.54) is 24.0 Å². The molecule has 0 aliphatic carbocycles. The highest BCUT2D eigenvalue weighted by atomic mass is 16.7. The molecule has 3 fully saturated rings. The second-order valence-electron chi connectivity index (χ2n) is 12.4. The lowest BCUT2D eigenvalue weighted by Gasteiger charge is -2.32. The molecular weight excluding hydrogens is 586 g/mol. The number of carboxylic acid groups (broad SMARTS) is 1. The summed E-state index contributed by atoms with van der Waals surface area (Å²) in [4.78, 5) is 37.9. The minimum absolute atomic E-state index is 0.245. The van der Waals surface area contributed by atoms with Crippen molar-refractivity contribution >= 4 is 18.3 Å². The van der Waals surface area contributed by atoms with Crippen LogP contribution >= 0.6 is 0 Å². The number of unbranched alkanes of at least 4 members (excludes halogenated alkanes) is 2. The van der Waals surface area contributed by atoms with Gasteiger partial charge in [0.05, 0.1) is 6.61 Å². The van der Waals surface area contributed by atoms with E-state index in [1.54, 1.807) is 7.11 Å². The van der Waals surface area contributed by atoms with E-state index in [1.807, 2.05) is 9.80 Å². The van der Waals surface area contributed by atoms with Crippen molar-refractivity contribution in [1.82, 2.24) is 14.7 Å². The van der Waals surface area contributed by atoms with Gasteiger partial charge in [0.15, 0.2) is 11.5 Å². The van der Waals surface area contributed by atoms with E-state index in [4.69, 9.17) is 24.1 Å². The number of hydrogen-bond acceptors (Lipinski definition) is 7. The van der Waals surface area contributed by atoms with E-state index < -0.39 is 5.97 Å². The first-order valence-corrected chi connectivity index (χ1v) is 17.4. The van der Waals surface area contributed by atoms with Crippen molar-refractivity contribution in [2.45, 2.75) is 111 Å². The molecule has 3 rings (SSSR count). The third-order valence-electron chi connectivity index (χ3n) is 8.65. The van der Waals surface area contributed by atoms with Gasteiger partial charge < -0.3 is 34.0 Å². The molecule has 0 saturated carbocycles. The van der Waals surface area contributed by atoms with Crippen LogP contribution in [0, 0.1) is 5.92 Å². The number of carbonyl (C=O) groups is 3. The smallest absolute Gasteiger partial charge is 0.300 e. The number of carbonyl (C=O) groups excluding carboxylic acids is 2. The maximum Gasteiger partial charge on any atom is 0.300 e. The summed E-state index contributed by atoms with van der Waals surface area (Å²) in [6, 6.07) is 0.588. The minimum atomic E-state index is -0.833. The Hall–Kier alpha value is -2.85. The summed E-state index contributed by atoms with van der Waals surface area (Å²) in [5.74, 6) is 1.29. The molecule has 3 heterocycles. The second-order valence-corrected chi connectivity index (χ2v) is 12.4. The Labute approximate surface area is 278 Å². The van der Waals surface area contributed by atoms with Gasteiger partial charge in [0.1, 0.15) is 0 Å². The van der Waals surface area contributed by atoms with Gasteiger partial charge in [-0.2, -0.15) is 0 Å². The fourth-order valence-electron chi connectivity index (χ4n) is 6.14. The normalized spacial score (nSPS) is 21.3. The average Bonchev–Trinajstić information content (AvgIpc) is 3.57. The first kappa shape index (κ1) is 41.2. The molecule has 2 unspecified atom stereocenters. The van der Waals surface area contributed by atoms with Crippen molar-refractivity contribution in [1.29, 1.82) is 0 Å². The number of allylic oxidation sites excluding steroid dienone is 1. The molecule has 3 saturated heterocycles. The van der Waals surface area contributed by atoms with Gasteiger partial charge in [-0.25, -0.2) is 0 Å². The molecule has 10 nitrogen and oxygen atoms in total. The molecule has 0 bridgehead atoms. The summed E-state index contributed by atoms with van der Waals surface area (Å²) in [5.41, 5.74) is 2.54. The highest BCUT2D eigenvalue weighted by Gasteiger charge is 2.29. The Kier molecular flexibility index (Phi) is 21.8. The lowest BCUT2D eigenvalue weighted by atomic mass is 9.90. The van der Waals surface area contributed by atoms with Crippen LogP contribution < -0.4 is 0 Å². The number of ether oxygens (including phenoxy) is 3. The lowest BCUT2D eigenvalue weighted by molar-refractivity contribution is -0.134. The summed E-state index contributed by atoms with van der Waals surface area (Å²) >= 11 is 0. The van der Waals surface area contributed by atoms with E-state index in [-0.39, 0.29) is 6.79 Å². The highest BCUT2D eigenvalue weighted by Crippen LogP contribution is 2.33. The van der Waals surface area contributed by atoms with E-state index in [0.717, 1.165) is 116 Å². The van der Waals surface area contributed by atoms with Gasteiger partial charge in [0.2, 0.25) is 19.1 Å². The molecule has 1 N–H and O–H groups in total. The average molecular weight is 650 g/mol. The molecule has 3 aliphatic rings. The third-order valence-corrected chi connectivity index (χ3v) is 8.65. The molecule has 0 aromatic heterocycles. The fraction of sp³-hybridized carbons (Fsp3) is 0.750. The van der Waals surface area contributed by atoms with Crippen LogP contribution in [0.15, 0.2) is 35.3 Å². The van der Waals surface area contributed by atoms with Gasteiger partial charge in [-0.15, -0.1) is 0 Å². The molecular formula is C36H63N3O7. The SMILES string of the molecule is C=C1OCO/C1=C/C(=C(/C)COC)C1CCCC(CCCN2CCCC2=O)N(CC)C1.CC(=O)O.CCCCN(C=O)CCCC. The van der Waals surface area contributed by atoms with Crippen LogP contribution in [0.3, 0.4) is 0 Å². The summed E-state index contributed by atoms with van der Waals surface area (Å²) < 4.78 is 16.5. The zero-order valence-electron chi connectivity index (χ0n) is 29.7. The van der Waals surface area contributed by atoms with Gasteiger partial charge in [-0.3, -0.25) is 14.4 Å². The van der Waals surface area contributed by atoms with Crippen LogP contribution in [0.4, 0.5) is 0 Å². The topological polar surface area (TPSA) is 109 Å². The third kappa shape index (κ3) is 16.1. The summed E-state index contributed by atoms with van der Waals surface area (Å²) in [5, 5.41) is 7.42. The Morgan fingerprint density at radius 3 is 2.26 bits per heavy atom. The van der Waals surface area contributed by atoms with Crippen molar-refractivity contribution in [2.75, 3.05) is 59.8 Å². The summed E-state index contributed by atoms with van der Waals surface area (Å²) in [7, 11) is 1.74. The standard InChI is InChI=1S/C25H40N2O4.C9H19NO.C2H4O2/c1-5-26-16-21(23(19(2)17-29-4)15-24-20(3)30-18-31-24)9-6-10-22(26)11-7-13-27-14-8-12-25(27)28;1-3-5-7-10(9-11)8-6-4-2;1-2(3)4/h15,21-22H,3,5-14,16-18H2,1-2,4H3;9H,3-8H2,1-2H3;1H3,(H,3,4)/b23-19+,24-15+;;. The molecule has 0 aromatic rings. The van der Waals surface area contributed by atoms with Crippen LogP contribution in [0.1, 0.15) is 105 Å². The van der Waals surface area contributed by atoms with E-state index >= 15 is 0 Å². The van der Waals surface area contributed by atoms with Crippen molar-refractivity contribution in [3.63, 3.8) is 0 Å². The van der Waals surface area contributed by atoms with Crippen molar-refractivity contribution in [3.05, 3.63) is 35.3 Å². The molecule has 46 heavy (non-hydrogen) atoms. The van der Waals surface area contributed by atoms with Gasteiger partial charge in [-0.05, 0) is 81.6 Å². The Balaban J connectivity index is 0.000000588. The van der Waals surface area contributed by atoms with Gasteiger partial charge in [0, 0.05) is 59.2 Å². The first-order valence-electron chi connectivity index (χ1n) is 17.4. The zero-order valence-corrected chi connectivity index (χ0v) is 29.7. The summed E-state index contributed by atoms with van der Waals surface area (Å²) in [6.45, 7) is 20.4. The van der Waals surface area contributed by atoms with Crippen LogP contribution in [0.25, 0.3) is 0 Å².